The van der Waals surface area contributed by atoms with Crippen molar-refractivity contribution in [1.82, 2.24) is 5.32 Å². The lowest BCUT2D eigenvalue weighted by Crippen LogP contribution is -2.32. The van der Waals surface area contributed by atoms with Gasteiger partial charge >= 0.3 is 6.03 Å². The van der Waals surface area contributed by atoms with Crippen LogP contribution in [0.2, 0.25) is 0 Å². The number of hydrogen-bond acceptors (Lipinski definition) is 2. The number of carbonyl (C=O) groups excluding carboxylic acids is 1. The maximum Gasteiger partial charge on any atom is 0.323 e. The Morgan fingerprint density at radius 3 is 2.48 bits per heavy atom. The van der Waals surface area contributed by atoms with Gasteiger partial charge in [0.2, 0.25) is 0 Å². The van der Waals surface area contributed by atoms with Gasteiger partial charge in [-0.3, -0.25) is 4.90 Å². The molecule has 4 nitrogen and oxygen atoms in total. The molecule has 0 bridgehead atoms. The molecule has 0 aliphatic carbocycles. The third kappa shape index (κ3) is 4.14. The van der Waals surface area contributed by atoms with E-state index in [0.717, 1.165) is 30.9 Å². The monoisotopic (exact) mass is 359 g/mol. The van der Waals surface area contributed by atoms with E-state index in [-0.39, 0.29) is 17.8 Å². The zero-order chi connectivity index (χ0) is 17.3. The second kappa shape index (κ2) is 7.46. The summed E-state index contributed by atoms with van der Waals surface area (Å²) < 4.78 is 0. The number of nitrogens with zero attached hydrogens (tertiary/aromatic N) is 1. The number of nitrogens with two attached hydrogens (primary N) is 1. The maximum atomic E-state index is 12.2. The molecule has 25 heavy (non-hydrogen) atoms. The molecule has 0 unspecified atom stereocenters. The topological polar surface area (TPSA) is 58.4 Å². The van der Waals surface area contributed by atoms with Crippen LogP contribution in [0.3, 0.4) is 0 Å². The molecule has 1 aliphatic rings. The number of rotatable bonds is 2. The van der Waals surface area contributed by atoms with Crippen molar-refractivity contribution in [1.29, 1.82) is 0 Å². The lowest BCUT2D eigenvalue weighted by atomic mass is 9.87. The second-order valence-electron chi connectivity index (χ2n) is 7.35. The average Bonchev–Trinajstić information content (AvgIpc) is 2.54. The molecule has 0 saturated heterocycles. The fourth-order valence-electron chi connectivity index (χ4n) is 3.12. The van der Waals surface area contributed by atoms with E-state index in [0.29, 0.717) is 0 Å². The molecule has 3 rings (SSSR count). The van der Waals surface area contributed by atoms with E-state index in [1.54, 1.807) is 4.90 Å². The Kier molecular flexibility index (Phi) is 5.76. The molecule has 3 N–H and O–H groups in total. The average molecular weight is 360 g/mol. The van der Waals surface area contributed by atoms with E-state index < -0.39 is 6.03 Å². The highest BCUT2D eigenvalue weighted by molar-refractivity contribution is 5.98. The van der Waals surface area contributed by atoms with Crippen LogP contribution in [0.25, 0.3) is 0 Å². The molecule has 0 radical (unpaired) electrons. The van der Waals surface area contributed by atoms with Gasteiger partial charge in [-0.05, 0) is 59.3 Å². The summed E-state index contributed by atoms with van der Waals surface area (Å²) in [6.45, 7) is 8.32. The van der Waals surface area contributed by atoms with Crippen molar-refractivity contribution in [2.45, 2.75) is 39.2 Å². The molecule has 0 aromatic heterocycles. The third-order valence-corrected chi connectivity index (χ3v) is 4.53. The van der Waals surface area contributed by atoms with Gasteiger partial charge < -0.3 is 11.1 Å². The normalized spacial score (nSPS) is 13.6. The Morgan fingerprint density at radius 2 is 1.80 bits per heavy atom. The zero-order valence-electron chi connectivity index (χ0n) is 15.0. The first-order valence-corrected chi connectivity index (χ1v) is 8.39. The van der Waals surface area contributed by atoms with E-state index in [1.807, 2.05) is 24.3 Å². The van der Waals surface area contributed by atoms with Gasteiger partial charge in [-0.2, -0.15) is 0 Å². The van der Waals surface area contributed by atoms with Crippen LogP contribution in [-0.4, -0.2) is 12.6 Å². The first kappa shape index (κ1) is 19.3. The highest BCUT2D eigenvalue weighted by Gasteiger charge is 2.20. The zero-order valence-corrected chi connectivity index (χ0v) is 15.8. The number of nitrogens with one attached hydrogen (secondary N) is 1. The second-order valence-corrected chi connectivity index (χ2v) is 7.35. The molecular weight excluding hydrogens is 334 g/mol. The molecule has 2 aromatic carbocycles. The summed E-state index contributed by atoms with van der Waals surface area (Å²) in [4.78, 5) is 13.8. The Morgan fingerprint density at radius 1 is 1.08 bits per heavy atom. The van der Waals surface area contributed by atoms with Gasteiger partial charge in [-0.15, -0.1) is 12.4 Å². The van der Waals surface area contributed by atoms with E-state index >= 15 is 0 Å². The van der Waals surface area contributed by atoms with Crippen LogP contribution in [0, 0.1) is 0 Å². The Bertz CT molecular complexity index is 768. The smallest absolute Gasteiger partial charge is 0.323 e. The van der Waals surface area contributed by atoms with Gasteiger partial charge in [-0.1, -0.05) is 39.0 Å². The lowest BCUT2D eigenvalue weighted by molar-refractivity contribution is 0.256. The number of anilines is 2. The van der Waals surface area contributed by atoms with E-state index in [2.05, 4.69) is 44.3 Å². The third-order valence-electron chi connectivity index (χ3n) is 4.53. The largest absolute Gasteiger partial charge is 0.351 e. The maximum absolute atomic E-state index is 12.2. The van der Waals surface area contributed by atoms with Gasteiger partial charge in [0, 0.05) is 6.54 Å². The van der Waals surface area contributed by atoms with Crippen molar-refractivity contribution < 1.29 is 4.79 Å². The Hall–Kier alpha value is -2.04. The fraction of sp³-hybridized carbons (Fsp3) is 0.350. The SMILES string of the molecule is CC(C)(C)c1cccc(N(C(N)=O)c2ccc3c(c2)CCNC3)c1.Cl. The standard InChI is InChI=1S/C20H25N3O.ClH/c1-20(2,3)16-5-4-6-17(12-16)23(19(21)24)18-8-7-15-13-22-10-9-14(15)11-18;/h4-8,11-12,22H,9-10,13H2,1-3H3,(H2,21,24);1H. The van der Waals surface area contributed by atoms with Crippen molar-refractivity contribution in [3.05, 3.63) is 59.2 Å². The van der Waals surface area contributed by atoms with Crippen molar-refractivity contribution in [2.75, 3.05) is 11.4 Å². The van der Waals surface area contributed by atoms with E-state index in [1.165, 1.54) is 16.7 Å². The quantitative estimate of drug-likeness (QED) is 0.841. The Labute approximate surface area is 155 Å². The molecule has 134 valence electrons. The van der Waals surface area contributed by atoms with Crippen LogP contribution >= 0.6 is 12.4 Å². The minimum atomic E-state index is -0.463. The minimum Gasteiger partial charge on any atom is -0.351 e. The van der Waals surface area contributed by atoms with Gasteiger partial charge in [-0.25, -0.2) is 4.79 Å². The molecule has 0 spiro atoms. The highest BCUT2D eigenvalue weighted by atomic mass is 35.5. The van der Waals surface area contributed by atoms with Crippen molar-refractivity contribution in [2.24, 2.45) is 5.73 Å². The fourth-order valence-corrected chi connectivity index (χ4v) is 3.12. The van der Waals surface area contributed by atoms with Gasteiger partial charge in [0.25, 0.3) is 0 Å². The molecule has 5 heteroatoms. The van der Waals surface area contributed by atoms with E-state index in [4.69, 9.17) is 5.73 Å². The summed E-state index contributed by atoms with van der Waals surface area (Å²) in [5.74, 6) is 0. The van der Waals surface area contributed by atoms with Crippen LogP contribution in [-0.2, 0) is 18.4 Å². The van der Waals surface area contributed by atoms with Gasteiger partial charge in [0.1, 0.15) is 0 Å². The van der Waals surface area contributed by atoms with Gasteiger partial charge in [0.15, 0.2) is 0 Å². The number of benzene rings is 2. The lowest BCUT2D eigenvalue weighted by Gasteiger charge is -2.26. The summed E-state index contributed by atoms with van der Waals surface area (Å²) in [5.41, 5.74) is 11.1. The number of hydrogen-bond donors (Lipinski definition) is 2. The van der Waals surface area contributed by atoms with Gasteiger partial charge in [0.05, 0.1) is 11.4 Å². The summed E-state index contributed by atoms with van der Waals surface area (Å²) >= 11 is 0. The minimum absolute atomic E-state index is 0. The molecular formula is C20H26ClN3O. The van der Waals surface area contributed by atoms with Crippen LogP contribution in [0.15, 0.2) is 42.5 Å². The molecule has 2 aromatic rings. The molecule has 0 fully saturated rings. The Balaban J connectivity index is 0.00000225. The predicted molar refractivity (Wildman–Crippen MR) is 106 cm³/mol. The van der Waals surface area contributed by atoms with Crippen molar-refractivity contribution >= 4 is 29.8 Å². The van der Waals surface area contributed by atoms with E-state index in [9.17, 15) is 4.79 Å². The predicted octanol–water partition coefficient (Wildman–Crippen LogP) is 4.27. The summed E-state index contributed by atoms with van der Waals surface area (Å²) in [7, 11) is 0. The number of primary amides is 1. The summed E-state index contributed by atoms with van der Waals surface area (Å²) in [5, 5.41) is 3.36. The summed E-state index contributed by atoms with van der Waals surface area (Å²) in [6, 6.07) is 13.7. The number of urea groups is 1. The number of halogens is 1. The number of fused-ring (bicyclic) bond motifs is 1. The molecule has 1 heterocycles. The number of carbonyl (C=O) groups is 1. The van der Waals surface area contributed by atoms with Crippen molar-refractivity contribution in [3.8, 4) is 0 Å². The van der Waals surface area contributed by atoms with Crippen LogP contribution in [0.1, 0.15) is 37.5 Å². The van der Waals surface area contributed by atoms with Crippen LogP contribution < -0.4 is 16.0 Å². The highest BCUT2D eigenvalue weighted by Crippen LogP contribution is 2.31. The first-order chi connectivity index (χ1) is 11.4. The van der Waals surface area contributed by atoms with Crippen LogP contribution in [0.4, 0.5) is 16.2 Å². The molecule has 0 saturated carbocycles. The first-order valence-electron chi connectivity index (χ1n) is 8.39. The van der Waals surface area contributed by atoms with Crippen molar-refractivity contribution in [3.63, 3.8) is 0 Å². The van der Waals surface area contributed by atoms with Crippen LogP contribution in [0.5, 0.6) is 0 Å². The molecule has 0 atom stereocenters. The molecule has 2 amide bonds. The molecule has 1 aliphatic heterocycles. The summed E-state index contributed by atoms with van der Waals surface area (Å²) in [6.07, 6.45) is 0.970. The number of amides is 2.